The molecule has 2 rings (SSSR count). The van der Waals surface area contributed by atoms with Crippen molar-refractivity contribution in [1.29, 1.82) is 0 Å². The molecule has 0 bridgehead atoms. The van der Waals surface area contributed by atoms with Crippen LogP contribution in [0.2, 0.25) is 0 Å². The molecule has 1 N–H and O–H groups in total. The minimum atomic E-state index is -3.15. The highest BCUT2D eigenvalue weighted by atomic mass is 32.2. The van der Waals surface area contributed by atoms with Crippen molar-refractivity contribution < 1.29 is 13.5 Å². The molecule has 0 unspecified atom stereocenters. The quantitative estimate of drug-likeness (QED) is 0.894. The van der Waals surface area contributed by atoms with Crippen molar-refractivity contribution in [2.75, 3.05) is 36.8 Å². The molecule has 0 aliphatic carbocycles. The van der Waals surface area contributed by atoms with Gasteiger partial charge in [-0.05, 0) is 18.1 Å². The van der Waals surface area contributed by atoms with Crippen LogP contribution in [0.3, 0.4) is 0 Å². The van der Waals surface area contributed by atoms with Crippen LogP contribution in [0, 0.1) is 5.92 Å². The lowest BCUT2D eigenvalue weighted by Gasteiger charge is -2.35. The number of hydrogen-bond donors (Lipinski definition) is 1. The smallest absolute Gasteiger partial charge is 0.214 e. The minimum absolute atomic E-state index is 0.131. The van der Waals surface area contributed by atoms with E-state index in [0.29, 0.717) is 26.2 Å². The Hall–Kier alpha value is -1.34. The number of aromatic hydroxyl groups is 1. The highest BCUT2D eigenvalue weighted by Crippen LogP contribution is 2.18. The number of piperazine rings is 1. The first-order valence-corrected chi connectivity index (χ1v) is 8.37. The van der Waals surface area contributed by atoms with Crippen LogP contribution in [0.15, 0.2) is 18.3 Å². The summed E-state index contributed by atoms with van der Waals surface area (Å²) in [6, 6.07) is 3.33. The average Bonchev–Trinajstić information content (AvgIpc) is 2.38. The first-order valence-electron chi connectivity index (χ1n) is 6.76. The summed E-state index contributed by atoms with van der Waals surface area (Å²) in [5, 5.41) is 9.22. The van der Waals surface area contributed by atoms with Crippen molar-refractivity contribution in [3.63, 3.8) is 0 Å². The molecule has 6 nitrogen and oxygen atoms in total. The van der Waals surface area contributed by atoms with Gasteiger partial charge in [0, 0.05) is 26.2 Å². The molecule has 0 radical (unpaired) electrons. The number of pyridine rings is 1. The van der Waals surface area contributed by atoms with Crippen LogP contribution in [0.25, 0.3) is 0 Å². The fourth-order valence-corrected chi connectivity index (χ4v) is 4.06. The van der Waals surface area contributed by atoms with E-state index in [0.717, 1.165) is 5.82 Å². The maximum Gasteiger partial charge on any atom is 0.214 e. The number of anilines is 1. The van der Waals surface area contributed by atoms with Crippen molar-refractivity contribution in [1.82, 2.24) is 9.29 Å². The monoisotopic (exact) mass is 299 g/mol. The van der Waals surface area contributed by atoms with E-state index in [1.807, 2.05) is 18.7 Å². The summed E-state index contributed by atoms with van der Waals surface area (Å²) in [6.07, 6.45) is 1.40. The molecule has 1 saturated heterocycles. The van der Waals surface area contributed by atoms with E-state index >= 15 is 0 Å². The second-order valence-electron chi connectivity index (χ2n) is 5.43. The van der Waals surface area contributed by atoms with Gasteiger partial charge in [0.1, 0.15) is 11.6 Å². The first kappa shape index (κ1) is 15.1. The van der Waals surface area contributed by atoms with E-state index in [1.54, 1.807) is 16.4 Å². The molecular weight excluding hydrogens is 278 g/mol. The molecule has 0 atom stereocenters. The number of rotatable bonds is 4. The summed E-state index contributed by atoms with van der Waals surface area (Å²) < 4.78 is 25.8. The molecule has 1 aliphatic heterocycles. The minimum Gasteiger partial charge on any atom is -0.506 e. The van der Waals surface area contributed by atoms with E-state index < -0.39 is 10.0 Å². The maximum atomic E-state index is 12.1. The molecular formula is C13H21N3O3S. The second-order valence-corrected chi connectivity index (χ2v) is 7.45. The molecule has 112 valence electrons. The van der Waals surface area contributed by atoms with Crippen LogP contribution in [0.4, 0.5) is 5.82 Å². The van der Waals surface area contributed by atoms with Gasteiger partial charge < -0.3 is 10.0 Å². The van der Waals surface area contributed by atoms with Gasteiger partial charge >= 0.3 is 0 Å². The predicted octanol–water partition coefficient (Wildman–Crippen LogP) is 0.895. The molecule has 1 aromatic heterocycles. The first-order chi connectivity index (χ1) is 9.38. The van der Waals surface area contributed by atoms with Gasteiger partial charge in [0.2, 0.25) is 10.0 Å². The molecule has 7 heteroatoms. The summed E-state index contributed by atoms with van der Waals surface area (Å²) in [5.74, 6) is 1.23. The fraction of sp³-hybridized carbons (Fsp3) is 0.615. The van der Waals surface area contributed by atoms with Gasteiger partial charge in [-0.3, -0.25) is 0 Å². The number of hydrogen-bond acceptors (Lipinski definition) is 5. The summed E-state index contributed by atoms with van der Waals surface area (Å²) in [5.41, 5.74) is 0. The summed E-state index contributed by atoms with van der Waals surface area (Å²) >= 11 is 0. The molecule has 0 amide bonds. The van der Waals surface area contributed by atoms with Gasteiger partial charge in [-0.15, -0.1) is 0 Å². The van der Waals surface area contributed by atoms with Crippen molar-refractivity contribution in [2.24, 2.45) is 5.92 Å². The highest BCUT2D eigenvalue weighted by molar-refractivity contribution is 7.89. The van der Waals surface area contributed by atoms with E-state index in [4.69, 9.17) is 0 Å². The van der Waals surface area contributed by atoms with Crippen molar-refractivity contribution >= 4 is 15.8 Å². The molecule has 1 aliphatic rings. The number of sulfonamides is 1. The zero-order chi connectivity index (χ0) is 14.8. The Balaban J connectivity index is 1.97. The molecule has 1 aromatic rings. The van der Waals surface area contributed by atoms with Gasteiger partial charge in [-0.25, -0.2) is 13.4 Å². The Labute approximate surface area is 120 Å². The van der Waals surface area contributed by atoms with Gasteiger partial charge in [-0.1, -0.05) is 13.8 Å². The van der Waals surface area contributed by atoms with Gasteiger partial charge in [0.25, 0.3) is 0 Å². The van der Waals surface area contributed by atoms with Crippen molar-refractivity contribution in [3.8, 4) is 5.75 Å². The lowest BCUT2D eigenvalue weighted by molar-refractivity contribution is 0.381. The normalized spacial score (nSPS) is 17.6. The molecule has 0 spiro atoms. The Bertz CT molecular complexity index is 534. The number of aromatic nitrogens is 1. The topological polar surface area (TPSA) is 73.7 Å². The zero-order valence-corrected chi connectivity index (χ0v) is 12.7. The van der Waals surface area contributed by atoms with Crippen LogP contribution in [0.5, 0.6) is 5.75 Å². The summed E-state index contributed by atoms with van der Waals surface area (Å²) in [4.78, 5) is 6.17. The summed E-state index contributed by atoms with van der Waals surface area (Å²) in [6.45, 7) is 6.03. The Morgan fingerprint density at radius 3 is 2.40 bits per heavy atom. The van der Waals surface area contributed by atoms with Gasteiger partial charge in [-0.2, -0.15) is 4.31 Å². The second kappa shape index (κ2) is 5.97. The predicted molar refractivity (Wildman–Crippen MR) is 78.3 cm³/mol. The van der Waals surface area contributed by atoms with Gasteiger partial charge in [0.15, 0.2) is 0 Å². The third-order valence-corrected chi connectivity index (χ3v) is 5.47. The molecule has 1 fully saturated rings. The fourth-order valence-electron chi connectivity index (χ4n) is 2.29. The van der Waals surface area contributed by atoms with E-state index in [-0.39, 0.29) is 17.4 Å². The molecule has 0 saturated carbocycles. The standard InChI is InChI=1S/C13H21N3O3S/c1-11(2)10-20(18,19)16-7-5-15(6-8-16)13-4-3-12(17)9-14-13/h3-4,9,11,17H,5-8,10H2,1-2H3. The Morgan fingerprint density at radius 1 is 1.25 bits per heavy atom. The zero-order valence-electron chi connectivity index (χ0n) is 11.9. The average molecular weight is 299 g/mol. The number of nitrogens with zero attached hydrogens (tertiary/aromatic N) is 3. The van der Waals surface area contributed by atoms with Crippen LogP contribution in [-0.2, 0) is 10.0 Å². The third-order valence-electron chi connectivity index (χ3n) is 3.23. The Kier molecular flexibility index (Phi) is 4.49. The SMILES string of the molecule is CC(C)CS(=O)(=O)N1CCN(c2ccc(O)cn2)CC1. The van der Waals surface area contributed by atoms with Crippen LogP contribution < -0.4 is 4.90 Å². The largest absolute Gasteiger partial charge is 0.506 e. The van der Waals surface area contributed by atoms with Crippen molar-refractivity contribution in [3.05, 3.63) is 18.3 Å². The van der Waals surface area contributed by atoms with Crippen LogP contribution in [-0.4, -0.2) is 54.7 Å². The van der Waals surface area contributed by atoms with Crippen molar-refractivity contribution in [2.45, 2.75) is 13.8 Å². The van der Waals surface area contributed by atoms with Crippen LogP contribution in [0.1, 0.15) is 13.8 Å². The Morgan fingerprint density at radius 2 is 1.90 bits per heavy atom. The third kappa shape index (κ3) is 3.61. The van der Waals surface area contributed by atoms with Crippen LogP contribution >= 0.6 is 0 Å². The van der Waals surface area contributed by atoms with E-state index in [2.05, 4.69) is 4.98 Å². The highest BCUT2D eigenvalue weighted by Gasteiger charge is 2.27. The van der Waals surface area contributed by atoms with E-state index in [1.165, 1.54) is 6.20 Å². The molecule has 20 heavy (non-hydrogen) atoms. The van der Waals surface area contributed by atoms with Gasteiger partial charge in [0.05, 0.1) is 11.9 Å². The van der Waals surface area contributed by atoms with E-state index in [9.17, 15) is 13.5 Å². The molecule has 2 heterocycles. The summed E-state index contributed by atoms with van der Waals surface area (Å²) in [7, 11) is -3.15. The lowest BCUT2D eigenvalue weighted by atomic mass is 10.3. The lowest BCUT2D eigenvalue weighted by Crippen LogP contribution is -2.49. The molecule has 0 aromatic carbocycles. The maximum absolute atomic E-state index is 12.1.